The van der Waals surface area contributed by atoms with E-state index in [9.17, 15) is 13.2 Å². The third kappa shape index (κ3) is 2.45. The summed E-state index contributed by atoms with van der Waals surface area (Å²) in [6.45, 7) is 0.571. The van der Waals surface area contributed by atoms with Crippen molar-refractivity contribution in [2.75, 3.05) is 6.61 Å². The summed E-state index contributed by atoms with van der Waals surface area (Å²) in [6.07, 6.45) is -3.91. The lowest BCUT2D eigenvalue weighted by atomic mass is 10.1. The zero-order valence-corrected chi connectivity index (χ0v) is 10.2. The lowest BCUT2D eigenvalue weighted by molar-refractivity contribution is -0.159. The molecule has 0 N–H and O–H groups in total. The predicted octanol–water partition coefficient (Wildman–Crippen LogP) is 3.34. The number of benzene rings is 1. The number of aromatic nitrogens is 2. The number of halogens is 3. The molecule has 0 radical (unpaired) electrons. The molecule has 8 heteroatoms. The first-order valence-electron chi connectivity index (χ1n) is 5.38. The van der Waals surface area contributed by atoms with E-state index in [1.165, 1.54) is 12.0 Å². The number of rotatable bonds is 1. The fourth-order valence-corrected chi connectivity index (χ4v) is 2.39. The Morgan fingerprint density at radius 2 is 2.11 bits per heavy atom. The summed E-state index contributed by atoms with van der Waals surface area (Å²) in [7, 11) is 0. The topological polar surface area (TPSA) is 48.2 Å². The van der Waals surface area contributed by atoms with E-state index < -0.39 is 12.1 Å². The van der Waals surface area contributed by atoms with Crippen molar-refractivity contribution in [1.82, 2.24) is 10.1 Å². The zero-order chi connectivity index (χ0) is 13.5. The summed E-state index contributed by atoms with van der Waals surface area (Å²) in [6, 6.07) is 5.18. The van der Waals surface area contributed by atoms with Crippen molar-refractivity contribution in [3.63, 3.8) is 0 Å². The lowest BCUT2D eigenvalue weighted by Crippen LogP contribution is -2.05. The van der Waals surface area contributed by atoms with Crippen LogP contribution in [0.4, 0.5) is 13.2 Å². The van der Waals surface area contributed by atoms with Gasteiger partial charge in [0.25, 0.3) is 0 Å². The fraction of sp³-hybridized carbons (Fsp3) is 0.273. The number of hydrogen-bond acceptors (Lipinski definition) is 5. The van der Waals surface area contributed by atoms with E-state index in [0.29, 0.717) is 18.6 Å². The summed E-state index contributed by atoms with van der Waals surface area (Å²) in [4.78, 5) is 4.31. The second-order valence-corrected chi connectivity index (χ2v) is 4.74. The predicted molar refractivity (Wildman–Crippen MR) is 60.2 cm³/mol. The standard InChI is InChI=1S/C11H7F3N2O2S/c12-11(13,14)10-15-9(16-18-10)7-1-2-8-6(5-7)3-4-17-19-8/h1-2,5H,3-4H2. The quantitative estimate of drug-likeness (QED) is 0.753. The Morgan fingerprint density at radius 3 is 2.84 bits per heavy atom. The Labute approximate surface area is 110 Å². The van der Waals surface area contributed by atoms with Crippen molar-refractivity contribution >= 4 is 12.0 Å². The van der Waals surface area contributed by atoms with Crippen LogP contribution < -0.4 is 0 Å². The number of alkyl halides is 3. The van der Waals surface area contributed by atoms with Crippen molar-refractivity contribution in [2.45, 2.75) is 17.5 Å². The molecule has 1 aromatic carbocycles. The Bertz CT molecular complexity index is 612. The van der Waals surface area contributed by atoms with Gasteiger partial charge in [-0.25, -0.2) is 0 Å². The zero-order valence-electron chi connectivity index (χ0n) is 9.40. The third-order valence-electron chi connectivity index (χ3n) is 2.59. The van der Waals surface area contributed by atoms with Crippen LogP contribution in [0.5, 0.6) is 0 Å². The van der Waals surface area contributed by atoms with Gasteiger partial charge in [0.2, 0.25) is 5.82 Å². The van der Waals surface area contributed by atoms with E-state index in [2.05, 4.69) is 14.7 Å². The molecule has 0 saturated heterocycles. The molecule has 1 aliphatic rings. The maximum absolute atomic E-state index is 12.4. The molecule has 0 saturated carbocycles. The average molecular weight is 288 g/mol. The number of fused-ring (bicyclic) bond motifs is 1. The summed E-state index contributed by atoms with van der Waals surface area (Å²) < 4.78 is 46.5. The van der Waals surface area contributed by atoms with Crippen LogP contribution in [-0.2, 0) is 16.8 Å². The molecule has 0 amide bonds. The van der Waals surface area contributed by atoms with Crippen molar-refractivity contribution in [3.05, 3.63) is 29.7 Å². The van der Waals surface area contributed by atoms with Gasteiger partial charge in [-0.15, -0.1) is 0 Å². The monoisotopic (exact) mass is 288 g/mol. The molecule has 3 rings (SSSR count). The van der Waals surface area contributed by atoms with Gasteiger partial charge in [0, 0.05) is 22.5 Å². The molecule has 0 atom stereocenters. The van der Waals surface area contributed by atoms with E-state index >= 15 is 0 Å². The molecule has 0 aliphatic carbocycles. The van der Waals surface area contributed by atoms with Gasteiger partial charge < -0.3 is 8.71 Å². The van der Waals surface area contributed by atoms with Gasteiger partial charge in [0.05, 0.1) is 6.61 Å². The van der Waals surface area contributed by atoms with Gasteiger partial charge in [-0.3, -0.25) is 0 Å². The minimum Gasteiger partial charge on any atom is -0.329 e. The molecule has 1 aromatic heterocycles. The largest absolute Gasteiger partial charge is 0.471 e. The van der Waals surface area contributed by atoms with Crippen LogP contribution in [0.2, 0.25) is 0 Å². The molecular weight excluding hydrogens is 281 g/mol. The van der Waals surface area contributed by atoms with Gasteiger partial charge in [-0.05, 0) is 30.2 Å². The smallest absolute Gasteiger partial charge is 0.329 e. The van der Waals surface area contributed by atoms with E-state index in [1.54, 1.807) is 18.2 Å². The molecule has 100 valence electrons. The summed E-state index contributed by atoms with van der Waals surface area (Å²) in [5.74, 6) is -1.40. The van der Waals surface area contributed by atoms with Crippen LogP contribution in [0, 0.1) is 0 Å². The van der Waals surface area contributed by atoms with Crippen molar-refractivity contribution in [2.24, 2.45) is 0 Å². The van der Waals surface area contributed by atoms with Crippen LogP contribution in [-0.4, -0.2) is 16.7 Å². The van der Waals surface area contributed by atoms with Crippen LogP contribution >= 0.6 is 12.0 Å². The first-order valence-corrected chi connectivity index (χ1v) is 6.12. The van der Waals surface area contributed by atoms with Crippen LogP contribution in [0.3, 0.4) is 0 Å². The van der Waals surface area contributed by atoms with Gasteiger partial charge in [0.15, 0.2) is 0 Å². The first-order chi connectivity index (χ1) is 9.04. The highest BCUT2D eigenvalue weighted by molar-refractivity contribution is 7.94. The molecular formula is C11H7F3N2O2S. The van der Waals surface area contributed by atoms with Crippen molar-refractivity contribution in [3.8, 4) is 11.4 Å². The highest BCUT2D eigenvalue weighted by atomic mass is 32.2. The SMILES string of the molecule is FC(F)(F)c1nc(-c2ccc3c(c2)CCOS3)no1. The number of hydrogen-bond donors (Lipinski definition) is 0. The normalized spacial score (nSPS) is 15.3. The van der Waals surface area contributed by atoms with Gasteiger partial charge in [-0.2, -0.15) is 18.2 Å². The molecule has 2 heterocycles. The Hall–Kier alpha value is -1.54. The lowest BCUT2D eigenvalue weighted by Gasteiger charge is -2.14. The highest BCUT2D eigenvalue weighted by Gasteiger charge is 2.38. The molecule has 1 aliphatic heterocycles. The summed E-state index contributed by atoms with van der Waals surface area (Å²) in [5.41, 5.74) is 1.51. The minimum atomic E-state index is -4.62. The molecule has 0 fully saturated rings. The molecule has 0 unspecified atom stereocenters. The maximum Gasteiger partial charge on any atom is 0.471 e. The Morgan fingerprint density at radius 1 is 1.26 bits per heavy atom. The molecule has 0 bridgehead atoms. The molecule has 0 spiro atoms. The maximum atomic E-state index is 12.4. The van der Waals surface area contributed by atoms with Gasteiger partial charge in [0.1, 0.15) is 0 Å². The fourth-order valence-electron chi connectivity index (χ4n) is 1.71. The van der Waals surface area contributed by atoms with Crippen LogP contribution in [0.25, 0.3) is 11.4 Å². The van der Waals surface area contributed by atoms with Crippen molar-refractivity contribution in [1.29, 1.82) is 0 Å². The van der Waals surface area contributed by atoms with Crippen LogP contribution in [0.1, 0.15) is 11.5 Å². The van der Waals surface area contributed by atoms with Gasteiger partial charge in [-0.1, -0.05) is 5.16 Å². The summed E-state index contributed by atoms with van der Waals surface area (Å²) in [5, 5.41) is 3.36. The number of nitrogens with zero attached hydrogens (tertiary/aromatic N) is 2. The first kappa shape index (κ1) is 12.5. The van der Waals surface area contributed by atoms with E-state index in [0.717, 1.165) is 10.5 Å². The average Bonchev–Trinajstić information content (AvgIpc) is 2.87. The van der Waals surface area contributed by atoms with Gasteiger partial charge >= 0.3 is 12.1 Å². The third-order valence-corrected chi connectivity index (χ3v) is 3.45. The van der Waals surface area contributed by atoms with Crippen molar-refractivity contribution < 1.29 is 21.9 Å². The molecule has 4 nitrogen and oxygen atoms in total. The Kier molecular flexibility index (Phi) is 2.98. The highest BCUT2D eigenvalue weighted by Crippen LogP contribution is 2.33. The van der Waals surface area contributed by atoms with E-state index in [4.69, 9.17) is 4.18 Å². The second kappa shape index (κ2) is 4.53. The minimum absolute atomic E-state index is 0.0633. The molecule has 19 heavy (non-hydrogen) atoms. The van der Waals surface area contributed by atoms with Crippen LogP contribution in [0.15, 0.2) is 27.6 Å². The molecule has 2 aromatic rings. The second-order valence-electron chi connectivity index (χ2n) is 3.90. The summed E-state index contributed by atoms with van der Waals surface area (Å²) >= 11 is 1.26. The van der Waals surface area contributed by atoms with E-state index in [-0.39, 0.29) is 5.82 Å². The van der Waals surface area contributed by atoms with E-state index in [1.807, 2.05) is 0 Å². The Balaban J connectivity index is 1.96.